The van der Waals surface area contributed by atoms with Gasteiger partial charge in [-0.3, -0.25) is 4.79 Å². The number of halogens is 1. The zero-order chi connectivity index (χ0) is 13.5. The van der Waals surface area contributed by atoms with Crippen molar-refractivity contribution in [3.63, 3.8) is 0 Å². The van der Waals surface area contributed by atoms with Gasteiger partial charge in [0.25, 0.3) is 0 Å². The summed E-state index contributed by atoms with van der Waals surface area (Å²) in [5.74, 6) is 0.844. The standard InChI is InChI=1S/C15H21ClN2O/c16-14-3-1-2-13(10-14)11-18-15(19)5-4-12-6-8-17-9-7-12/h1-3,10,12,17H,4-9,11H2,(H,18,19). The molecule has 2 N–H and O–H groups in total. The topological polar surface area (TPSA) is 41.1 Å². The maximum Gasteiger partial charge on any atom is 0.220 e. The predicted octanol–water partition coefficient (Wildman–Crippen LogP) is 2.74. The lowest BCUT2D eigenvalue weighted by Crippen LogP contribution is -2.29. The number of carbonyl (C=O) groups excluding carboxylic acids is 1. The summed E-state index contributed by atoms with van der Waals surface area (Å²) in [5.41, 5.74) is 1.04. The molecule has 0 saturated carbocycles. The van der Waals surface area contributed by atoms with Crippen LogP contribution in [0, 0.1) is 5.92 Å². The Labute approximate surface area is 119 Å². The molecule has 1 heterocycles. The zero-order valence-electron chi connectivity index (χ0n) is 11.1. The van der Waals surface area contributed by atoms with Gasteiger partial charge in [-0.25, -0.2) is 0 Å². The van der Waals surface area contributed by atoms with Crippen LogP contribution in [0.3, 0.4) is 0 Å². The Morgan fingerprint density at radius 1 is 1.37 bits per heavy atom. The lowest BCUT2D eigenvalue weighted by Gasteiger charge is -2.22. The van der Waals surface area contributed by atoms with Gasteiger partial charge in [-0.2, -0.15) is 0 Å². The van der Waals surface area contributed by atoms with Crippen molar-refractivity contribution >= 4 is 17.5 Å². The van der Waals surface area contributed by atoms with E-state index >= 15 is 0 Å². The van der Waals surface area contributed by atoms with Gasteiger partial charge in [-0.15, -0.1) is 0 Å². The second-order valence-corrected chi connectivity index (χ2v) is 5.58. The van der Waals surface area contributed by atoms with E-state index in [2.05, 4.69) is 10.6 Å². The van der Waals surface area contributed by atoms with Crippen molar-refractivity contribution in [3.05, 3.63) is 34.9 Å². The van der Waals surface area contributed by atoms with Gasteiger partial charge in [-0.1, -0.05) is 23.7 Å². The molecule has 1 aromatic carbocycles. The number of nitrogens with one attached hydrogen (secondary N) is 2. The number of piperidine rings is 1. The summed E-state index contributed by atoms with van der Waals surface area (Å²) >= 11 is 5.90. The number of amides is 1. The quantitative estimate of drug-likeness (QED) is 0.871. The maximum atomic E-state index is 11.8. The van der Waals surface area contributed by atoms with Gasteiger partial charge in [0, 0.05) is 18.0 Å². The average Bonchev–Trinajstić information content (AvgIpc) is 2.44. The van der Waals surface area contributed by atoms with Crippen LogP contribution >= 0.6 is 11.6 Å². The molecule has 3 nitrogen and oxygen atoms in total. The highest BCUT2D eigenvalue weighted by Gasteiger charge is 2.14. The number of carbonyl (C=O) groups is 1. The molecule has 1 aliphatic rings. The minimum Gasteiger partial charge on any atom is -0.352 e. The SMILES string of the molecule is O=C(CCC1CCNCC1)NCc1cccc(Cl)c1. The van der Waals surface area contributed by atoms with Crippen LogP contribution in [-0.4, -0.2) is 19.0 Å². The van der Waals surface area contributed by atoms with Crippen LogP contribution in [0.5, 0.6) is 0 Å². The largest absolute Gasteiger partial charge is 0.352 e. The van der Waals surface area contributed by atoms with Crippen LogP contribution in [0.1, 0.15) is 31.2 Å². The highest BCUT2D eigenvalue weighted by molar-refractivity contribution is 6.30. The van der Waals surface area contributed by atoms with Crippen molar-refractivity contribution in [2.24, 2.45) is 5.92 Å². The second-order valence-electron chi connectivity index (χ2n) is 5.14. The number of rotatable bonds is 5. The van der Waals surface area contributed by atoms with E-state index < -0.39 is 0 Å². The van der Waals surface area contributed by atoms with Crippen molar-refractivity contribution in [3.8, 4) is 0 Å². The fourth-order valence-corrected chi connectivity index (χ4v) is 2.65. The number of hydrogen-bond donors (Lipinski definition) is 2. The minimum atomic E-state index is 0.138. The summed E-state index contributed by atoms with van der Waals surface area (Å²) in [5, 5.41) is 7.00. The third-order valence-electron chi connectivity index (χ3n) is 3.62. The Morgan fingerprint density at radius 3 is 2.89 bits per heavy atom. The molecule has 0 aliphatic carbocycles. The Hall–Kier alpha value is -1.06. The van der Waals surface area contributed by atoms with Crippen molar-refractivity contribution in [2.75, 3.05) is 13.1 Å². The molecule has 4 heteroatoms. The summed E-state index contributed by atoms with van der Waals surface area (Å²) in [7, 11) is 0. The first-order valence-corrected chi connectivity index (χ1v) is 7.33. The Balaban J connectivity index is 1.66. The molecule has 1 saturated heterocycles. The Morgan fingerprint density at radius 2 is 2.16 bits per heavy atom. The first kappa shape index (κ1) is 14.4. The van der Waals surface area contributed by atoms with E-state index in [0.717, 1.165) is 25.1 Å². The monoisotopic (exact) mass is 280 g/mol. The molecule has 2 rings (SSSR count). The molecule has 1 aliphatic heterocycles. The van der Waals surface area contributed by atoms with Crippen molar-refractivity contribution < 1.29 is 4.79 Å². The molecule has 0 spiro atoms. The normalized spacial score (nSPS) is 16.3. The van der Waals surface area contributed by atoms with Gasteiger partial charge in [-0.05, 0) is 56.0 Å². The molecule has 0 bridgehead atoms. The van der Waals surface area contributed by atoms with E-state index in [1.165, 1.54) is 12.8 Å². The van der Waals surface area contributed by atoms with Gasteiger partial charge < -0.3 is 10.6 Å². The van der Waals surface area contributed by atoms with Crippen LogP contribution in [0.15, 0.2) is 24.3 Å². The lowest BCUT2D eigenvalue weighted by atomic mass is 9.93. The third-order valence-corrected chi connectivity index (χ3v) is 3.85. The van der Waals surface area contributed by atoms with Crippen LogP contribution in [0.2, 0.25) is 5.02 Å². The third kappa shape index (κ3) is 5.21. The molecule has 0 aromatic heterocycles. The van der Waals surface area contributed by atoms with Gasteiger partial charge in [0.1, 0.15) is 0 Å². The van der Waals surface area contributed by atoms with E-state index in [9.17, 15) is 4.79 Å². The molecule has 1 amide bonds. The van der Waals surface area contributed by atoms with Gasteiger partial charge in [0.05, 0.1) is 0 Å². The van der Waals surface area contributed by atoms with Gasteiger partial charge in [0.2, 0.25) is 5.91 Å². The maximum absolute atomic E-state index is 11.8. The molecule has 0 atom stereocenters. The van der Waals surface area contributed by atoms with Crippen molar-refractivity contribution in [1.29, 1.82) is 0 Å². The summed E-state index contributed by atoms with van der Waals surface area (Å²) in [6.07, 6.45) is 4.03. The van der Waals surface area contributed by atoms with Crippen LogP contribution in [0.4, 0.5) is 0 Å². The highest BCUT2D eigenvalue weighted by Crippen LogP contribution is 2.17. The van der Waals surface area contributed by atoms with E-state index in [1.54, 1.807) is 0 Å². The highest BCUT2D eigenvalue weighted by atomic mass is 35.5. The number of benzene rings is 1. The molecule has 104 valence electrons. The predicted molar refractivity (Wildman–Crippen MR) is 78.1 cm³/mol. The van der Waals surface area contributed by atoms with E-state index in [-0.39, 0.29) is 5.91 Å². The smallest absolute Gasteiger partial charge is 0.220 e. The van der Waals surface area contributed by atoms with E-state index in [0.29, 0.717) is 23.9 Å². The van der Waals surface area contributed by atoms with Gasteiger partial charge in [0.15, 0.2) is 0 Å². The van der Waals surface area contributed by atoms with Crippen molar-refractivity contribution in [2.45, 2.75) is 32.2 Å². The molecular weight excluding hydrogens is 260 g/mol. The lowest BCUT2D eigenvalue weighted by molar-refractivity contribution is -0.121. The summed E-state index contributed by atoms with van der Waals surface area (Å²) in [4.78, 5) is 11.8. The molecule has 19 heavy (non-hydrogen) atoms. The number of hydrogen-bond acceptors (Lipinski definition) is 2. The zero-order valence-corrected chi connectivity index (χ0v) is 11.9. The molecule has 1 aromatic rings. The Kier molecular flexibility index (Phi) is 5.67. The van der Waals surface area contributed by atoms with E-state index in [4.69, 9.17) is 11.6 Å². The van der Waals surface area contributed by atoms with E-state index in [1.807, 2.05) is 24.3 Å². The fourth-order valence-electron chi connectivity index (χ4n) is 2.44. The molecular formula is C15H21ClN2O. The fraction of sp³-hybridized carbons (Fsp3) is 0.533. The first-order valence-electron chi connectivity index (χ1n) is 6.96. The average molecular weight is 281 g/mol. The molecule has 1 fully saturated rings. The summed E-state index contributed by atoms with van der Waals surface area (Å²) in [6.45, 7) is 2.75. The second kappa shape index (κ2) is 7.51. The molecule has 0 radical (unpaired) electrons. The summed E-state index contributed by atoms with van der Waals surface area (Å²) < 4.78 is 0. The summed E-state index contributed by atoms with van der Waals surface area (Å²) in [6, 6.07) is 7.59. The van der Waals surface area contributed by atoms with Gasteiger partial charge >= 0.3 is 0 Å². The minimum absolute atomic E-state index is 0.138. The Bertz CT molecular complexity index is 416. The van der Waals surface area contributed by atoms with Crippen LogP contribution in [-0.2, 0) is 11.3 Å². The first-order chi connectivity index (χ1) is 9.24. The van der Waals surface area contributed by atoms with Crippen molar-refractivity contribution in [1.82, 2.24) is 10.6 Å². The molecule has 0 unspecified atom stereocenters. The van der Waals surface area contributed by atoms with Crippen LogP contribution in [0.25, 0.3) is 0 Å². The van der Waals surface area contributed by atoms with Crippen LogP contribution < -0.4 is 10.6 Å².